The van der Waals surface area contributed by atoms with Crippen LogP contribution in [0.2, 0.25) is 0 Å². The molecular weight excluding hydrogens is 322 g/mol. The van der Waals surface area contributed by atoms with Gasteiger partial charge in [-0.05, 0) is 63.4 Å². The number of aromatic nitrogens is 1. The van der Waals surface area contributed by atoms with Crippen molar-refractivity contribution in [1.82, 2.24) is 14.8 Å². The summed E-state index contributed by atoms with van der Waals surface area (Å²) in [6, 6.07) is 9.56. The van der Waals surface area contributed by atoms with Crippen LogP contribution in [-0.2, 0) is 6.54 Å². The Balaban J connectivity index is 1.31. The minimum atomic E-state index is -0.113. The van der Waals surface area contributed by atoms with E-state index in [1.165, 1.54) is 42.1 Å². The minimum absolute atomic E-state index is 0.113. The maximum atomic E-state index is 9.76. The summed E-state index contributed by atoms with van der Waals surface area (Å²) < 4.78 is 2.54. The molecule has 1 atom stereocenters. The topological polar surface area (TPSA) is 40.4 Å². The highest BCUT2D eigenvalue weighted by atomic mass is 16.3. The largest absolute Gasteiger partial charge is 0.392 e. The van der Waals surface area contributed by atoms with E-state index >= 15 is 0 Å². The Morgan fingerprint density at radius 2 is 1.92 bits per heavy atom. The molecule has 1 saturated heterocycles. The van der Waals surface area contributed by atoms with Gasteiger partial charge >= 0.3 is 0 Å². The van der Waals surface area contributed by atoms with Gasteiger partial charge < -0.3 is 19.9 Å². The van der Waals surface area contributed by atoms with Gasteiger partial charge in [0.05, 0.1) is 6.10 Å². The van der Waals surface area contributed by atoms with Gasteiger partial charge in [-0.3, -0.25) is 0 Å². The highest BCUT2D eigenvalue weighted by Crippen LogP contribution is 2.34. The van der Waals surface area contributed by atoms with E-state index < -0.39 is 0 Å². The summed E-state index contributed by atoms with van der Waals surface area (Å²) in [5.74, 6) is 0. The third-order valence-corrected chi connectivity index (χ3v) is 6.17. The Hall–Kier alpha value is -1.36. The van der Waals surface area contributed by atoms with Crippen LogP contribution in [0.5, 0.6) is 0 Å². The quantitative estimate of drug-likeness (QED) is 0.744. The van der Waals surface area contributed by atoms with Gasteiger partial charge in [-0.2, -0.15) is 0 Å². The Morgan fingerprint density at radius 3 is 2.77 bits per heavy atom. The second-order valence-corrected chi connectivity index (χ2v) is 8.14. The highest BCUT2D eigenvalue weighted by molar-refractivity contribution is 5.84. The summed E-state index contributed by atoms with van der Waals surface area (Å²) in [4.78, 5) is 2.40. The predicted octanol–water partition coefficient (Wildman–Crippen LogP) is 3.69. The third-order valence-electron chi connectivity index (χ3n) is 6.17. The molecule has 26 heavy (non-hydrogen) atoms. The molecule has 1 saturated carbocycles. The molecule has 1 aliphatic carbocycles. The lowest BCUT2D eigenvalue weighted by Gasteiger charge is -2.29. The number of piperidine rings is 1. The van der Waals surface area contributed by atoms with Crippen molar-refractivity contribution in [3.8, 4) is 0 Å². The van der Waals surface area contributed by atoms with Crippen molar-refractivity contribution in [3.63, 3.8) is 0 Å². The Labute approximate surface area is 157 Å². The first-order valence-electron chi connectivity index (χ1n) is 10.5. The smallest absolute Gasteiger partial charge is 0.0667 e. The van der Waals surface area contributed by atoms with Gasteiger partial charge in [-0.15, -0.1) is 0 Å². The van der Waals surface area contributed by atoms with Crippen molar-refractivity contribution in [2.75, 3.05) is 26.2 Å². The number of para-hydroxylation sites is 1. The van der Waals surface area contributed by atoms with Crippen molar-refractivity contribution in [1.29, 1.82) is 0 Å². The summed E-state index contributed by atoms with van der Waals surface area (Å²) in [5, 5.41) is 14.8. The van der Waals surface area contributed by atoms with Gasteiger partial charge in [-0.25, -0.2) is 0 Å². The average molecular weight is 356 g/mol. The molecule has 4 rings (SSSR count). The number of hydrogen-bond donors (Lipinski definition) is 2. The second-order valence-electron chi connectivity index (χ2n) is 8.14. The number of nitrogens with one attached hydrogen (secondary N) is 1. The molecule has 0 amide bonds. The summed E-state index contributed by atoms with van der Waals surface area (Å²) in [5.41, 5.74) is 2.83. The van der Waals surface area contributed by atoms with Crippen molar-refractivity contribution < 1.29 is 5.11 Å². The van der Waals surface area contributed by atoms with Gasteiger partial charge in [0.15, 0.2) is 0 Å². The van der Waals surface area contributed by atoms with Crippen molar-refractivity contribution >= 4 is 10.9 Å². The maximum absolute atomic E-state index is 9.76. The van der Waals surface area contributed by atoms with E-state index in [0.29, 0.717) is 6.04 Å². The predicted molar refractivity (Wildman–Crippen MR) is 107 cm³/mol. The van der Waals surface area contributed by atoms with Crippen molar-refractivity contribution in [2.24, 2.45) is 0 Å². The zero-order chi connectivity index (χ0) is 17.8. The number of hydrogen-bond acceptors (Lipinski definition) is 3. The highest BCUT2D eigenvalue weighted by Gasteiger charge is 2.20. The zero-order valence-corrected chi connectivity index (χ0v) is 15.9. The molecule has 4 heteroatoms. The number of benzene rings is 1. The monoisotopic (exact) mass is 355 g/mol. The first kappa shape index (κ1) is 18.0. The van der Waals surface area contributed by atoms with E-state index in [4.69, 9.17) is 0 Å². The lowest BCUT2D eigenvalue weighted by molar-refractivity contribution is 0.0702. The Kier molecular flexibility index (Phi) is 5.93. The molecule has 0 spiro atoms. The van der Waals surface area contributed by atoms with Gasteiger partial charge in [-0.1, -0.05) is 31.0 Å². The van der Waals surface area contributed by atoms with E-state index in [-0.39, 0.29) is 6.10 Å². The lowest BCUT2D eigenvalue weighted by Crippen LogP contribution is -2.39. The number of likely N-dealkylation sites (tertiary alicyclic amines) is 1. The lowest BCUT2D eigenvalue weighted by atomic mass is 10.1. The molecule has 4 nitrogen and oxygen atoms in total. The van der Waals surface area contributed by atoms with Crippen LogP contribution in [0.3, 0.4) is 0 Å². The van der Waals surface area contributed by atoms with Crippen LogP contribution < -0.4 is 5.32 Å². The number of aliphatic hydroxyl groups is 1. The molecule has 142 valence electrons. The fourth-order valence-electron chi connectivity index (χ4n) is 4.79. The molecule has 1 unspecified atom stereocenters. The first-order valence-corrected chi connectivity index (χ1v) is 10.5. The number of β-amino-alcohol motifs (C(OH)–C–C–N with tert-alkyl or cyclic N) is 1. The molecular formula is C22H33N3O. The van der Waals surface area contributed by atoms with E-state index in [0.717, 1.165) is 52.0 Å². The molecule has 2 fully saturated rings. The summed E-state index contributed by atoms with van der Waals surface area (Å²) in [6.45, 7) is 5.08. The molecule has 1 aliphatic heterocycles. The third kappa shape index (κ3) is 4.13. The van der Waals surface area contributed by atoms with E-state index in [1.807, 2.05) is 0 Å². The minimum Gasteiger partial charge on any atom is -0.392 e. The number of nitrogens with zero attached hydrogens (tertiary/aromatic N) is 2. The molecule has 2 aromatic rings. The van der Waals surface area contributed by atoms with E-state index in [2.05, 4.69) is 45.2 Å². The second kappa shape index (κ2) is 8.55. The molecule has 0 bridgehead atoms. The van der Waals surface area contributed by atoms with Crippen LogP contribution in [-0.4, -0.2) is 46.9 Å². The van der Waals surface area contributed by atoms with Gasteiger partial charge in [0, 0.05) is 36.2 Å². The summed E-state index contributed by atoms with van der Waals surface area (Å²) in [6.07, 6.45) is 10.9. The van der Waals surface area contributed by atoms with Crippen molar-refractivity contribution in [2.45, 2.75) is 63.6 Å². The van der Waals surface area contributed by atoms with Crippen LogP contribution >= 0.6 is 0 Å². The zero-order valence-electron chi connectivity index (χ0n) is 15.9. The standard InChI is InChI=1S/C22H33N3O/c26-20-9-5-13-24(17-20)14-6-12-23-15-18-16-25(19-7-1-2-8-19)22-11-4-3-10-21(18)22/h3-4,10-11,16,19-20,23,26H,1-2,5-9,12-15,17H2. The van der Waals surface area contributed by atoms with Crippen LogP contribution in [0.15, 0.2) is 30.5 Å². The van der Waals surface area contributed by atoms with Crippen LogP contribution in [0.1, 0.15) is 56.6 Å². The van der Waals surface area contributed by atoms with Crippen LogP contribution in [0.4, 0.5) is 0 Å². The summed E-state index contributed by atoms with van der Waals surface area (Å²) in [7, 11) is 0. The number of rotatable bonds is 7. The molecule has 2 aliphatic rings. The molecule has 1 aromatic heterocycles. The van der Waals surface area contributed by atoms with E-state index in [1.54, 1.807) is 0 Å². The Morgan fingerprint density at radius 1 is 1.08 bits per heavy atom. The van der Waals surface area contributed by atoms with Crippen LogP contribution in [0, 0.1) is 0 Å². The van der Waals surface area contributed by atoms with Gasteiger partial charge in [0.1, 0.15) is 0 Å². The fourth-order valence-corrected chi connectivity index (χ4v) is 4.79. The van der Waals surface area contributed by atoms with Gasteiger partial charge in [0.2, 0.25) is 0 Å². The number of fused-ring (bicyclic) bond motifs is 1. The fraction of sp³-hybridized carbons (Fsp3) is 0.636. The first-order chi connectivity index (χ1) is 12.8. The van der Waals surface area contributed by atoms with E-state index in [9.17, 15) is 5.11 Å². The van der Waals surface area contributed by atoms with Crippen molar-refractivity contribution in [3.05, 3.63) is 36.0 Å². The molecule has 0 radical (unpaired) electrons. The molecule has 2 heterocycles. The summed E-state index contributed by atoms with van der Waals surface area (Å²) >= 11 is 0. The Bertz CT molecular complexity index is 704. The van der Waals surface area contributed by atoms with Gasteiger partial charge in [0.25, 0.3) is 0 Å². The normalized spacial score (nSPS) is 22.4. The average Bonchev–Trinajstić information content (AvgIpc) is 3.30. The number of aliphatic hydroxyl groups excluding tert-OH is 1. The SMILES string of the molecule is OC1CCCN(CCCNCc2cn(C3CCCC3)c3ccccc23)C1. The van der Waals surface area contributed by atoms with Crippen LogP contribution in [0.25, 0.3) is 10.9 Å². The molecule has 1 aromatic carbocycles. The maximum Gasteiger partial charge on any atom is 0.0667 e. The molecule has 2 N–H and O–H groups in total.